The maximum Gasteiger partial charge on any atom is 0.416 e. The highest BCUT2D eigenvalue weighted by Crippen LogP contribution is 2.36. The van der Waals surface area contributed by atoms with E-state index in [1.165, 1.54) is 25.5 Å². The highest BCUT2D eigenvalue weighted by Gasteiger charge is 2.30. The van der Waals surface area contributed by atoms with Gasteiger partial charge >= 0.3 is 6.18 Å². The zero-order valence-electron chi connectivity index (χ0n) is 14.7. The Kier molecular flexibility index (Phi) is 7.06. The zero-order valence-corrected chi connectivity index (χ0v) is 15.5. The minimum atomic E-state index is -4.54. The Balaban J connectivity index is 2.13. The number of benzene rings is 2. The monoisotopic (exact) mass is 412 g/mol. The summed E-state index contributed by atoms with van der Waals surface area (Å²) in [6.45, 7) is 3.78. The van der Waals surface area contributed by atoms with Gasteiger partial charge in [-0.1, -0.05) is 30.3 Å². The molecule has 2 rings (SSSR count). The molecule has 0 spiro atoms. The molecule has 5 nitrogen and oxygen atoms in total. The van der Waals surface area contributed by atoms with Gasteiger partial charge in [-0.05, 0) is 35.9 Å². The first kappa shape index (κ1) is 21.3. The molecule has 28 heavy (non-hydrogen) atoms. The van der Waals surface area contributed by atoms with Crippen molar-refractivity contribution in [1.29, 1.82) is 0 Å². The van der Waals surface area contributed by atoms with Gasteiger partial charge in [0.2, 0.25) is 0 Å². The number of rotatable bonds is 7. The van der Waals surface area contributed by atoms with Crippen molar-refractivity contribution in [2.45, 2.75) is 6.18 Å². The first-order valence-electron chi connectivity index (χ1n) is 7.88. The lowest BCUT2D eigenvalue weighted by Gasteiger charge is -2.12. The molecule has 0 bridgehead atoms. The van der Waals surface area contributed by atoms with E-state index in [-0.39, 0.29) is 17.2 Å². The molecule has 148 valence electrons. The smallest absolute Gasteiger partial charge is 0.416 e. The van der Waals surface area contributed by atoms with Crippen molar-refractivity contribution >= 4 is 23.7 Å². The maximum absolute atomic E-state index is 12.7. The summed E-state index contributed by atoms with van der Waals surface area (Å²) in [6, 6.07) is 7.13. The van der Waals surface area contributed by atoms with E-state index in [0.717, 1.165) is 18.2 Å². The van der Waals surface area contributed by atoms with Crippen LogP contribution in [0.15, 0.2) is 54.2 Å². The molecule has 0 fully saturated rings. The summed E-state index contributed by atoms with van der Waals surface area (Å²) in [5, 5.41) is 4.00. The van der Waals surface area contributed by atoms with Crippen molar-refractivity contribution in [3.8, 4) is 11.5 Å². The lowest BCUT2D eigenvalue weighted by atomic mass is 10.1. The van der Waals surface area contributed by atoms with Gasteiger partial charge in [0.25, 0.3) is 5.91 Å². The minimum Gasteiger partial charge on any atom is -0.493 e. The molecule has 0 radical (unpaired) electrons. The minimum absolute atomic E-state index is 0.171. The second-order valence-electron chi connectivity index (χ2n) is 5.41. The molecule has 0 atom stereocenters. The second-order valence-corrected chi connectivity index (χ2v) is 5.82. The molecule has 0 aliphatic heterocycles. The average molecular weight is 413 g/mol. The molecule has 0 aliphatic rings. The Labute approximate surface area is 164 Å². The van der Waals surface area contributed by atoms with Gasteiger partial charge < -0.3 is 9.47 Å². The molecular weight excluding hydrogens is 397 g/mol. The summed E-state index contributed by atoms with van der Waals surface area (Å²) in [4.78, 5) is 12.0. The van der Waals surface area contributed by atoms with Gasteiger partial charge in [-0.15, -0.1) is 0 Å². The Morgan fingerprint density at radius 1 is 1.32 bits per heavy atom. The summed E-state index contributed by atoms with van der Waals surface area (Å²) < 4.78 is 48.8. The molecule has 1 N–H and O–H groups in total. The summed E-state index contributed by atoms with van der Waals surface area (Å²) in [5.41, 5.74) is 1.56. The van der Waals surface area contributed by atoms with Crippen LogP contribution in [0.25, 0.3) is 0 Å². The van der Waals surface area contributed by atoms with Gasteiger partial charge in [0.15, 0.2) is 11.5 Å². The molecule has 0 saturated heterocycles. The molecule has 0 saturated carbocycles. The van der Waals surface area contributed by atoms with Crippen LogP contribution < -0.4 is 14.9 Å². The summed E-state index contributed by atoms with van der Waals surface area (Å²) >= 11 is 6.15. The number of nitrogens with zero attached hydrogens (tertiary/aromatic N) is 1. The number of carbonyl (C=O) groups excluding carboxylic acids is 1. The van der Waals surface area contributed by atoms with Crippen LogP contribution >= 0.6 is 11.6 Å². The van der Waals surface area contributed by atoms with Crippen molar-refractivity contribution in [3.63, 3.8) is 0 Å². The molecule has 0 unspecified atom stereocenters. The molecule has 0 aliphatic carbocycles. The van der Waals surface area contributed by atoms with E-state index in [1.54, 1.807) is 12.1 Å². The van der Waals surface area contributed by atoms with Crippen LogP contribution in [-0.2, 0) is 6.18 Å². The van der Waals surface area contributed by atoms with E-state index in [1.807, 2.05) is 0 Å². The fraction of sp³-hybridized carbons (Fsp3) is 0.158. The van der Waals surface area contributed by atoms with E-state index in [9.17, 15) is 18.0 Å². The van der Waals surface area contributed by atoms with Crippen molar-refractivity contribution in [2.75, 3.05) is 13.7 Å². The molecule has 9 heteroatoms. The zero-order chi connectivity index (χ0) is 20.7. The second kappa shape index (κ2) is 9.27. The fourth-order valence-corrected chi connectivity index (χ4v) is 2.44. The van der Waals surface area contributed by atoms with Crippen LogP contribution in [0.4, 0.5) is 13.2 Å². The number of amides is 1. The van der Waals surface area contributed by atoms with E-state index in [4.69, 9.17) is 21.1 Å². The maximum atomic E-state index is 12.7. The normalized spacial score (nSPS) is 11.3. The first-order chi connectivity index (χ1) is 13.3. The largest absolute Gasteiger partial charge is 0.493 e. The Morgan fingerprint density at radius 3 is 2.71 bits per heavy atom. The van der Waals surface area contributed by atoms with Gasteiger partial charge in [-0.2, -0.15) is 18.3 Å². The summed E-state index contributed by atoms with van der Waals surface area (Å²) in [5.74, 6) is -0.111. The van der Waals surface area contributed by atoms with E-state index in [2.05, 4.69) is 17.1 Å². The number of hydrogen-bond donors (Lipinski definition) is 1. The van der Waals surface area contributed by atoms with E-state index >= 15 is 0 Å². The Bertz CT molecular complexity index is 898. The summed E-state index contributed by atoms with van der Waals surface area (Å²) in [7, 11) is 1.43. The molecule has 2 aromatic rings. The fourth-order valence-electron chi connectivity index (χ4n) is 2.16. The van der Waals surface area contributed by atoms with Gasteiger partial charge in [-0.25, -0.2) is 5.43 Å². The van der Waals surface area contributed by atoms with Crippen LogP contribution in [0.1, 0.15) is 21.5 Å². The molecule has 2 aromatic carbocycles. The van der Waals surface area contributed by atoms with Gasteiger partial charge in [-0.3, -0.25) is 4.79 Å². The number of hydrogen-bond acceptors (Lipinski definition) is 4. The number of halogens is 4. The third-order valence-electron chi connectivity index (χ3n) is 3.43. The van der Waals surface area contributed by atoms with Crippen LogP contribution in [0.5, 0.6) is 11.5 Å². The van der Waals surface area contributed by atoms with Crippen LogP contribution in [0.3, 0.4) is 0 Å². The SMILES string of the molecule is C=CCOc1c(Cl)cc(/C=N\NC(=O)c2cccc(C(F)(F)F)c2)cc1OC. The number of hydrazone groups is 1. The highest BCUT2D eigenvalue weighted by molar-refractivity contribution is 6.32. The average Bonchev–Trinajstić information content (AvgIpc) is 2.66. The van der Waals surface area contributed by atoms with Crippen molar-refractivity contribution in [2.24, 2.45) is 5.10 Å². The number of methoxy groups -OCH3 is 1. The molecular formula is C19H16ClF3N2O3. The predicted octanol–water partition coefficient (Wildman–Crippen LogP) is 4.70. The van der Waals surface area contributed by atoms with Crippen LogP contribution in [0.2, 0.25) is 5.02 Å². The Morgan fingerprint density at radius 2 is 2.07 bits per heavy atom. The third-order valence-corrected chi connectivity index (χ3v) is 3.71. The van der Waals surface area contributed by atoms with Crippen molar-refractivity contribution < 1.29 is 27.4 Å². The number of nitrogens with one attached hydrogen (secondary N) is 1. The molecule has 0 heterocycles. The van der Waals surface area contributed by atoms with Crippen molar-refractivity contribution in [1.82, 2.24) is 5.43 Å². The van der Waals surface area contributed by atoms with E-state index in [0.29, 0.717) is 17.1 Å². The van der Waals surface area contributed by atoms with Gasteiger partial charge in [0, 0.05) is 5.56 Å². The molecule has 0 aromatic heterocycles. The number of ether oxygens (including phenoxy) is 2. The quantitative estimate of drug-likeness (QED) is 0.407. The highest BCUT2D eigenvalue weighted by atomic mass is 35.5. The lowest BCUT2D eigenvalue weighted by Crippen LogP contribution is -2.18. The predicted molar refractivity (Wildman–Crippen MR) is 100 cm³/mol. The lowest BCUT2D eigenvalue weighted by molar-refractivity contribution is -0.137. The third kappa shape index (κ3) is 5.50. The standard InChI is InChI=1S/C19H16ClF3N2O3/c1-3-7-28-17-15(20)8-12(9-16(17)27-2)11-24-25-18(26)13-5-4-6-14(10-13)19(21,22)23/h3-6,8-11H,1,7H2,2H3,(H,25,26)/b24-11-. The first-order valence-corrected chi connectivity index (χ1v) is 8.26. The number of alkyl halides is 3. The van der Waals surface area contributed by atoms with Crippen molar-refractivity contribution in [3.05, 3.63) is 70.8 Å². The van der Waals surface area contributed by atoms with Gasteiger partial charge in [0.05, 0.1) is 23.9 Å². The van der Waals surface area contributed by atoms with Crippen LogP contribution in [-0.4, -0.2) is 25.8 Å². The van der Waals surface area contributed by atoms with Gasteiger partial charge in [0.1, 0.15) is 6.61 Å². The van der Waals surface area contributed by atoms with Crippen LogP contribution in [0, 0.1) is 0 Å². The van der Waals surface area contributed by atoms with E-state index < -0.39 is 17.6 Å². The Hall–Kier alpha value is -3.00. The number of carbonyl (C=O) groups is 1. The molecule has 1 amide bonds. The summed E-state index contributed by atoms with van der Waals surface area (Å²) in [6.07, 6.45) is -1.71. The topological polar surface area (TPSA) is 59.9 Å².